The number of aryl methyl sites for hydroxylation is 1. The highest BCUT2D eigenvalue weighted by atomic mass is 19.3. The predicted molar refractivity (Wildman–Crippen MR) is 155 cm³/mol. The maximum Gasteiger partial charge on any atom is 0.341 e. The third-order valence-corrected chi connectivity index (χ3v) is 8.01. The van der Waals surface area contributed by atoms with Gasteiger partial charge in [0.2, 0.25) is 0 Å². The molecule has 3 aromatic heterocycles. The monoisotopic (exact) mass is 572 g/mol. The van der Waals surface area contributed by atoms with Crippen molar-refractivity contribution in [2.45, 2.75) is 38.5 Å². The highest BCUT2D eigenvalue weighted by Gasteiger charge is 2.36. The van der Waals surface area contributed by atoms with Gasteiger partial charge in [-0.25, -0.2) is 28.5 Å². The van der Waals surface area contributed by atoms with Crippen LogP contribution >= 0.6 is 0 Å². The summed E-state index contributed by atoms with van der Waals surface area (Å²) in [6.07, 6.45) is 0.777. The number of hydrogen-bond acceptors (Lipinski definition) is 6. The molecule has 4 heterocycles. The van der Waals surface area contributed by atoms with Gasteiger partial charge in [-0.3, -0.25) is 0 Å². The second-order valence-corrected chi connectivity index (χ2v) is 10.9. The first-order valence-electron chi connectivity index (χ1n) is 13.7. The van der Waals surface area contributed by atoms with E-state index < -0.39 is 19.0 Å². The average molecular weight is 573 g/mol. The van der Waals surface area contributed by atoms with Crippen LogP contribution in [0.1, 0.15) is 43.3 Å². The van der Waals surface area contributed by atoms with E-state index >= 15 is 0 Å². The smallest absolute Gasteiger partial charge is 0.341 e. The molecule has 2 aromatic carbocycles. The molecule has 5 aromatic rings. The maximum atomic E-state index is 13.0. The summed E-state index contributed by atoms with van der Waals surface area (Å²) in [4.78, 5) is 33.8. The van der Waals surface area contributed by atoms with Gasteiger partial charge < -0.3 is 24.7 Å². The fraction of sp³-hybridized carbons (Fsp3) is 0.290. The van der Waals surface area contributed by atoms with Crippen LogP contribution in [0.4, 0.5) is 14.6 Å². The quantitative estimate of drug-likeness (QED) is 0.200. The van der Waals surface area contributed by atoms with Crippen molar-refractivity contribution in [2.75, 3.05) is 24.6 Å². The van der Waals surface area contributed by atoms with E-state index in [-0.39, 0.29) is 11.0 Å². The highest BCUT2D eigenvalue weighted by Crippen LogP contribution is 2.38. The number of carboxylic acids is 1. The number of nitrogens with zero attached hydrogens (tertiary/aromatic N) is 4. The fourth-order valence-corrected chi connectivity index (χ4v) is 5.48. The van der Waals surface area contributed by atoms with Crippen LogP contribution in [-0.4, -0.2) is 55.7 Å². The Morgan fingerprint density at radius 2 is 1.74 bits per heavy atom. The van der Waals surface area contributed by atoms with Gasteiger partial charge in [0.1, 0.15) is 29.4 Å². The Morgan fingerprint density at radius 1 is 1.05 bits per heavy atom. The lowest BCUT2D eigenvalue weighted by atomic mass is 9.79. The Kier molecular flexibility index (Phi) is 7.09. The number of benzene rings is 2. The zero-order valence-electron chi connectivity index (χ0n) is 23.2. The SMILES string of the molecule is Cc1nc(C2(C)CCN(c3ncnc4[nH]c(-c5ccc(OCC(=O)O)cc5)cc34)CC2)[nH]c1-c1ccc(C(F)F)cc1. The number of carboxylic acid groups (broad SMARTS) is 1. The zero-order chi connectivity index (χ0) is 29.4. The molecule has 3 N–H and O–H groups in total. The van der Waals surface area contributed by atoms with Crippen molar-refractivity contribution in [3.63, 3.8) is 0 Å². The summed E-state index contributed by atoms with van der Waals surface area (Å²) < 4.78 is 31.2. The number of imidazole rings is 1. The molecule has 0 radical (unpaired) electrons. The Morgan fingerprint density at radius 3 is 2.40 bits per heavy atom. The number of fused-ring (bicyclic) bond motifs is 1. The molecule has 216 valence electrons. The molecule has 0 bridgehead atoms. The van der Waals surface area contributed by atoms with Gasteiger partial charge in [0.05, 0.1) is 16.8 Å². The number of rotatable bonds is 8. The van der Waals surface area contributed by atoms with Crippen molar-refractivity contribution < 1.29 is 23.4 Å². The second kappa shape index (κ2) is 10.9. The number of piperidine rings is 1. The van der Waals surface area contributed by atoms with Gasteiger partial charge in [0.15, 0.2) is 6.61 Å². The Labute approximate surface area is 240 Å². The first-order chi connectivity index (χ1) is 20.2. The highest BCUT2D eigenvalue weighted by molar-refractivity contribution is 5.92. The summed E-state index contributed by atoms with van der Waals surface area (Å²) in [6, 6.07) is 15.6. The molecule has 0 atom stereocenters. The number of alkyl halides is 2. The number of anilines is 1. The molecule has 6 rings (SSSR count). The summed E-state index contributed by atoms with van der Waals surface area (Å²) in [5.41, 5.74) is 4.89. The number of carbonyl (C=O) groups is 1. The van der Waals surface area contributed by atoms with Crippen LogP contribution in [0.25, 0.3) is 33.5 Å². The van der Waals surface area contributed by atoms with Crippen LogP contribution < -0.4 is 9.64 Å². The van der Waals surface area contributed by atoms with Gasteiger partial charge in [0, 0.05) is 29.8 Å². The zero-order valence-corrected chi connectivity index (χ0v) is 23.2. The number of ether oxygens (including phenoxy) is 1. The minimum atomic E-state index is -2.49. The van der Waals surface area contributed by atoms with Crippen molar-refractivity contribution >= 4 is 22.8 Å². The van der Waals surface area contributed by atoms with E-state index in [1.165, 1.54) is 12.1 Å². The van der Waals surface area contributed by atoms with Crippen LogP contribution in [0.2, 0.25) is 0 Å². The number of aromatic amines is 2. The molecule has 1 saturated heterocycles. The number of nitrogens with one attached hydrogen (secondary N) is 2. The largest absolute Gasteiger partial charge is 0.482 e. The van der Waals surface area contributed by atoms with Crippen LogP contribution in [0, 0.1) is 6.92 Å². The number of aromatic nitrogens is 5. The molecule has 1 fully saturated rings. The first kappa shape index (κ1) is 27.4. The lowest BCUT2D eigenvalue weighted by molar-refractivity contribution is -0.139. The number of H-pyrrole nitrogens is 2. The second-order valence-electron chi connectivity index (χ2n) is 10.9. The van der Waals surface area contributed by atoms with E-state index in [0.29, 0.717) is 5.75 Å². The van der Waals surface area contributed by atoms with Gasteiger partial charge in [-0.1, -0.05) is 31.2 Å². The van der Waals surface area contributed by atoms with E-state index in [0.717, 1.165) is 76.8 Å². The molecular weight excluding hydrogens is 542 g/mol. The summed E-state index contributed by atoms with van der Waals surface area (Å²) >= 11 is 0. The van der Waals surface area contributed by atoms with Crippen molar-refractivity contribution in [2.24, 2.45) is 0 Å². The van der Waals surface area contributed by atoms with Gasteiger partial charge in [-0.2, -0.15) is 0 Å². The van der Waals surface area contributed by atoms with Crippen LogP contribution in [0.5, 0.6) is 5.75 Å². The van der Waals surface area contributed by atoms with Crippen molar-refractivity contribution in [1.82, 2.24) is 24.9 Å². The molecule has 0 spiro atoms. The summed E-state index contributed by atoms with van der Waals surface area (Å²) in [6.45, 7) is 5.30. The third-order valence-electron chi connectivity index (χ3n) is 8.01. The molecule has 11 heteroatoms. The molecule has 0 amide bonds. The van der Waals surface area contributed by atoms with Crippen LogP contribution in [-0.2, 0) is 10.2 Å². The van der Waals surface area contributed by atoms with E-state index in [9.17, 15) is 13.6 Å². The summed E-state index contributed by atoms with van der Waals surface area (Å²) in [5.74, 6) is 1.22. The molecule has 42 heavy (non-hydrogen) atoms. The molecule has 0 aliphatic carbocycles. The summed E-state index contributed by atoms with van der Waals surface area (Å²) in [7, 11) is 0. The van der Waals surface area contributed by atoms with Crippen LogP contribution in [0.15, 0.2) is 60.9 Å². The van der Waals surface area contributed by atoms with Gasteiger partial charge in [-0.15, -0.1) is 0 Å². The first-order valence-corrected chi connectivity index (χ1v) is 13.7. The van der Waals surface area contributed by atoms with Gasteiger partial charge in [0.25, 0.3) is 6.43 Å². The van der Waals surface area contributed by atoms with E-state index in [1.807, 2.05) is 25.1 Å². The average Bonchev–Trinajstić information content (AvgIpc) is 3.61. The molecule has 0 saturated carbocycles. The Bertz CT molecular complexity index is 1720. The van der Waals surface area contributed by atoms with Crippen LogP contribution in [0.3, 0.4) is 0 Å². The Balaban J connectivity index is 1.18. The Hall–Kier alpha value is -4.80. The van der Waals surface area contributed by atoms with Crippen molar-refractivity contribution in [3.8, 4) is 28.3 Å². The van der Waals surface area contributed by atoms with E-state index in [2.05, 4.69) is 31.8 Å². The molecule has 9 nitrogen and oxygen atoms in total. The molecule has 1 aliphatic heterocycles. The molecule has 0 unspecified atom stereocenters. The molecule has 1 aliphatic rings. The standard InChI is InChI=1S/C31H30F2N6O3/c1-18-26(20-3-5-21(6-4-20)27(32)33)38-30(36-18)31(2)11-13-39(14-12-31)29-23-15-24(37-28(23)34-17-35-29)19-7-9-22(10-8-19)42-16-25(40)41/h3-10,15,17,27H,11-14,16H2,1-2H3,(H,36,38)(H,40,41)(H,34,35,37). The fourth-order valence-electron chi connectivity index (χ4n) is 5.48. The van der Waals surface area contributed by atoms with E-state index in [4.69, 9.17) is 14.8 Å². The van der Waals surface area contributed by atoms with Gasteiger partial charge >= 0.3 is 5.97 Å². The number of aliphatic carboxylic acids is 1. The van der Waals surface area contributed by atoms with Crippen molar-refractivity contribution in [1.29, 1.82) is 0 Å². The lowest BCUT2D eigenvalue weighted by Crippen LogP contribution is -2.42. The normalized spacial score (nSPS) is 14.9. The maximum absolute atomic E-state index is 13.0. The third kappa shape index (κ3) is 5.29. The summed E-state index contributed by atoms with van der Waals surface area (Å²) in [5, 5.41) is 9.74. The minimum Gasteiger partial charge on any atom is -0.482 e. The lowest BCUT2D eigenvalue weighted by Gasteiger charge is -2.38. The number of hydrogen-bond donors (Lipinski definition) is 3. The predicted octanol–water partition coefficient (Wildman–Crippen LogP) is 6.28. The van der Waals surface area contributed by atoms with Crippen molar-refractivity contribution in [3.05, 3.63) is 78.0 Å². The van der Waals surface area contributed by atoms with Gasteiger partial charge in [-0.05, 0) is 61.2 Å². The topological polar surface area (TPSA) is 120 Å². The minimum absolute atomic E-state index is 0.00402. The molecular formula is C31H30F2N6O3. The number of halogens is 2. The van der Waals surface area contributed by atoms with E-state index in [1.54, 1.807) is 30.6 Å².